The number of hydrogen-bond donors (Lipinski definition) is 3. The number of aromatic amines is 1. The number of anilines is 1. The first-order chi connectivity index (χ1) is 15.6. The number of aromatic nitrogens is 4. The van der Waals surface area contributed by atoms with Gasteiger partial charge in [-0.05, 0) is 55.1 Å². The highest BCUT2D eigenvalue weighted by Gasteiger charge is 2.16. The van der Waals surface area contributed by atoms with Crippen molar-refractivity contribution in [2.45, 2.75) is 19.9 Å². The smallest absolute Gasteiger partial charge is 0.328 e. The molecule has 5 rings (SSSR count). The van der Waals surface area contributed by atoms with Crippen molar-refractivity contribution < 1.29 is 4.39 Å². The SMILES string of the molecule is Cc1c(Cn2c(=O)[nH]c3cnc(NC[C@@H]4CCNC4)nc32)cccc1-c1ccccc1F. The summed E-state index contributed by atoms with van der Waals surface area (Å²) in [7, 11) is 0. The molecule has 0 radical (unpaired) electrons. The molecule has 32 heavy (non-hydrogen) atoms. The Hall–Kier alpha value is -3.52. The van der Waals surface area contributed by atoms with Gasteiger partial charge in [0.2, 0.25) is 5.95 Å². The third-order valence-electron chi connectivity index (χ3n) is 6.16. The maximum atomic E-state index is 14.4. The maximum Gasteiger partial charge on any atom is 0.328 e. The Morgan fingerprint density at radius 2 is 2.03 bits per heavy atom. The molecule has 1 saturated heterocycles. The first-order valence-corrected chi connectivity index (χ1v) is 10.8. The number of nitrogens with one attached hydrogen (secondary N) is 3. The summed E-state index contributed by atoms with van der Waals surface area (Å²) in [6.07, 6.45) is 2.76. The van der Waals surface area contributed by atoms with E-state index in [-0.39, 0.29) is 11.5 Å². The first-order valence-electron chi connectivity index (χ1n) is 10.8. The summed E-state index contributed by atoms with van der Waals surface area (Å²) < 4.78 is 16.0. The molecule has 3 heterocycles. The summed E-state index contributed by atoms with van der Waals surface area (Å²) in [6, 6.07) is 12.5. The van der Waals surface area contributed by atoms with Gasteiger partial charge in [0.15, 0.2) is 5.65 Å². The third-order valence-corrected chi connectivity index (χ3v) is 6.16. The fraction of sp³-hybridized carbons (Fsp3) is 0.292. The van der Waals surface area contributed by atoms with E-state index in [1.807, 2.05) is 31.2 Å². The number of nitrogens with zero attached hydrogens (tertiary/aromatic N) is 3. The van der Waals surface area contributed by atoms with E-state index in [0.29, 0.717) is 35.1 Å². The van der Waals surface area contributed by atoms with Crippen LogP contribution in [0.15, 0.2) is 53.5 Å². The molecular formula is C24H25FN6O. The van der Waals surface area contributed by atoms with Crippen molar-refractivity contribution in [1.82, 2.24) is 24.8 Å². The molecule has 1 atom stereocenters. The zero-order valence-electron chi connectivity index (χ0n) is 17.9. The third kappa shape index (κ3) is 3.89. The standard InChI is InChI=1S/C24H25FN6O/c1-15-17(5-4-7-18(15)19-6-2-3-8-20(19)25)14-31-22-21(29-24(31)32)13-28-23(30-22)27-12-16-9-10-26-11-16/h2-8,13,16,26H,9-12,14H2,1H3,(H,29,32)(H,27,28,30)/t16-/m1/s1. The normalized spacial score (nSPS) is 16.0. The summed E-state index contributed by atoms with van der Waals surface area (Å²) >= 11 is 0. The minimum Gasteiger partial charge on any atom is -0.354 e. The highest BCUT2D eigenvalue weighted by Crippen LogP contribution is 2.28. The Bertz CT molecular complexity index is 1320. The number of imidazole rings is 1. The summed E-state index contributed by atoms with van der Waals surface area (Å²) in [5.74, 6) is 0.790. The van der Waals surface area contributed by atoms with Crippen molar-refractivity contribution in [3.8, 4) is 11.1 Å². The van der Waals surface area contributed by atoms with Gasteiger partial charge in [-0.1, -0.05) is 36.4 Å². The van der Waals surface area contributed by atoms with Crippen LogP contribution in [-0.2, 0) is 6.54 Å². The van der Waals surface area contributed by atoms with Gasteiger partial charge < -0.3 is 15.6 Å². The second-order valence-corrected chi connectivity index (χ2v) is 8.26. The lowest BCUT2D eigenvalue weighted by atomic mass is 9.96. The highest BCUT2D eigenvalue weighted by molar-refractivity contribution is 5.72. The number of halogens is 1. The molecule has 7 nitrogen and oxygen atoms in total. The van der Waals surface area contributed by atoms with E-state index in [0.717, 1.165) is 42.7 Å². The van der Waals surface area contributed by atoms with Crippen LogP contribution in [0.3, 0.4) is 0 Å². The molecule has 1 aliphatic rings. The van der Waals surface area contributed by atoms with Crippen molar-refractivity contribution in [1.29, 1.82) is 0 Å². The molecule has 2 aromatic heterocycles. The van der Waals surface area contributed by atoms with E-state index >= 15 is 0 Å². The van der Waals surface area contributed by atoms with E-state index in [9.17, 15) is 9.18 Å². The van der Waals surface area contributed by atoms with Crippen LogP contribution in [0.5, 0.6) is 0 Å². The zero-order valence-corrected chi connectivity index (χ0v) is 17.9. The molecule has 0 aliphatic carbocycles. The molecular weight excluding hydrogens is 407 g/mol. The molecule has 0 saturated carbocycles. The number of rotatable bonds is 6. The molecule has 0 bridgehead atoms. The Kier molecular flexibility index (Phi) is 5.45. The van der Waals surface area contributed by atoms with E-state index in [1.165, 1.54) is 6.07 Å². The quantitative estimate of drug-likeness (QED) is 0.435. The Balaban J connectivity index is 1.47. The second-order valence-electron chi connectivity index (χ2n) is 8.26. The lowest BCUT2D eigenvalue weighted by Gasteiger charge is -2.13. The predicted octanol–water partition coefficient (Wildman–Crippen LogP) is 3.30. The van der Waals surface area contributed by atoms with Gasteiger partial charge in [-0.25, -0.2) is 14.2 Å². The monoisotopic (exact) mass is 432 g/mol. The van der Waals surface area contributed by atoms with Crippen LogP contribution in [-0.4, -0.2) is 39.2 Å². The van der Waals surface area contributed by atoms with E-state index in [2.05, 4.69) is 25.6 Å². The van der Waals surface area contributed by atoms with Crippen LogP contribution in [0.4, 0.5) is 10.3 Å². The highest BCUT2D eigenvalue weighted by atomic mass is 19.1. The molecule has 2 aromatic carbocycles. The Morgan fingerprint density at radius 3 is 2.84 bits per heavy atom. The number of hydrogen-bond acceptors (Lipinski definition) is 5. The molecule has 1 aliphatic heterocycles. The lowest BCUT2D eigenvalue weighted by Crippen LogP contribution is -2.19. The summed E-state index contributed by atoms with van der Waals surface area (Å²) in [6.45, 7) is 5.10. The topological polar surface area (TPSA) is 87.6 Å². The van der Waals surface area contributed by atoms with E-state index in [1.54, 1.807) is 22.9 Å². The maximum absolute atomic E-state index is 14.4. The van der Waals surface area contributed by atoms with Crippen LogP contribution in [0.1, 0.15) is 17.5 Å². The van der Waals surface area contributed by atoms with Gasteiger partial charge in [-0.15, -0.1) is 0 Å². The lowest BCUT2D eigenvalue weighted by molar-refractivity contribution is 0.613. The van der Waals surface area contributed by atoms with E-state index in [4.69, 9.17) is 0 Å². The zero-order chi connectivity index (χ0) is 22.1. The van der Waals surface area contributed by atoms with Crippen molar-refractivity contribution >= 4 is 17.1 Å². The van der Waals surface area contributed by atoms with Crippen LogP contribution >= 0.6 is 0 Å². The van der Waals surface area contributed by atoms with Gasteiger partial charge in [0.1, 0.15) is 11.3 Å². The predicted molar refractivity (Wildman–Crippen MR) is 123 cm³/mol. The number of benzene rings is 2. The molecule has 4 aromatic rings. The molecule has 0 amide bonds. The average Bonchev–Trinajstić information content (AvgIpc) is 3.42. The number of H-pyrrole nitrogens is 1. The summed E-state index contributed by atoms with van der Waals surface area (Å²) in [5.41, 5.74) is 4.11. The van der Waals surface area contributed by atoms with Gasteiger partial charge in [0.25, 0.3) is 0 Å². The summed E-state index contributed by atoms with van der Waals surface area (Å²) in [4.78, 5) is 24.5. The minimum atomic E-state index is -0.266. The molecule has 1 fully saturated rings. The fourth-order valence-electron chi connectivity index (χ4n) is 4.30. The second kappa shape index (κ2) is 8.55. The van der Waals surface area contributed by atoms with Gasteiger partial charge in [0.05, 0.1) is 12.7 Å². The largest absolute Gasteiger partial charge is 0.354 e. The van der Waals surface area contributed by atoms with Crippen molar-refractivity contribution in [2.24, 2.45) is 5.92 Å². The minimum absolute atomic E-state index is 0.248. The van der Waals surface area contributed by atoms with E-state index < -0.39 is 0 Å². The van der Waals surface area contributed by atoms with Crippen molar-refractivity contribution in [3.05, 3.63) is 76.1 Å². The first kappa shape index (κ1) is 20.4. The van der Waals surface area contributed by atoms with Crippen LogP contribution in [0.25, 0.3) is 22.3 Å². The summed E-state index contributed by atoms with van der Waals surface area (Å²) in [5, 5.41) is 6.64. The van der Waals surface area contributed by atoms with Gasteiger partial charge in [-0.3, -0.25) is 4.57 Å². The average molecular weight is 433 g/mol. The van der Waals surface area contributed by atoms with Gasteiger partial charge >= 0.3 is 5.69 Å². The van der Waals surface area contributed by atoms with Gasteiger partial charge in [-0.2, -0.15) is 4.98 Å². The number of fused-ring (bicyclic) bond motifs is 1. The molecule has 164 valence electrons. The van der Waals surface area contributed by atoms with Gasteiger partial charge in [0, 0.05) is 12.1 Å². The molecule has 0 spiro atoms. The van der Waals surface area contributed by atoms with Crippen molar-refractivity contribution in [2.75, 3.05) is 25.0 Å². The fourth-order valence-corrected chi connectivity index (χ4v) is 4.30. The van der Waals surface area contributed by atoms with Crippen LogP contribution < -0.4 is 16.3 Å². The Labute approximate surface area is 184 Å². The van der Waals surface area contributed by atoms with Crippen LogP contribution in [0, 0.1) is 18.7 Å². The van der Waals surface area contributed by atoms with Crippen LogP contribution in [0.2, 0.25) is 0 Å². The molecule has 3 N–H and O–H groups in total. The molecule has 8 heteroatoms. The Morgan fingerprint density at radius 1 is 1.19 bits per heavy atom. The van der Waals surface area contributed by atoms with Crippen molar-refractivity contribution in [3.63, 3.8) is 0 Å². The molecule has 0 unspecified atom stereocenters.